The average Bonchev–Trinajstić information content (AvgIpc) is 2.39. The van der Waals surface area contributed by atoms with Gasteiger partial charge >= 0.3 is 0 Å². The highest BCUT2D eigenvalue weighted by molar-refractivity contribution is 5.84. The van der Waals surface area contributed by atoms with Gasteiger partial charge in [-0.2, -0.15) is 0 Å². The highest BCUT2D eigenvalue weighted by atomic mass is 16.5. The summed E-state index contributed by atoms with van der Waals surface area (Å²) in [5, 5.41) is 5.88. The molecule has 0 saturated carbocycles. The van der Waals surface area contributed by atoms with Crippen molar-refractivity contribution in [2.24, 2.45) is 0 Å². The van der Waals surface area contributed by atoms with Crippen LogP contribution in [0.5, 0.6) is 5.75 Å². The summed E-state index contributed by atoms with van der Waals surface area (Å²) in [6, 6.07) is 7.15. The number of anilines is 1. The van der Waals surface area contributed by atoms with Gasteiger partial charge in [0.15, 0.2) is 0 Å². The summed E-state index contributed by atoms with van der Waals surface area (Å²) in [5.74, 6) is 0.696. The maximum atomic E-state index is 11.7. The second-order valence-corrected chi connectivity index (χ2v) is 3.88. The standard InChI is InChI=1S/C13H20N2O3/c1-10(13(16)14-7-8-17-2)15-11-5-4-6-12(9-11)18-3/h4-6,9-10,15H,7-8H2,1-3H3,(H,14,16). The third-order valence-electron chi connectivity index (χ3n) is 2.45. The Labute approximate surface area is 107 Å². The van der Waals surface area contributed by atoms with Crippen LogP contribution in [-0.2, 0) is 9.53 Å². The Kier molecular flexibility index (Phi) is 6.00. The molecule has 1 atom stereocenters. The Morgan fingerprint density at radius 3 is 2.83 bits per heavy atom. The molecular formula is C13H20N2O3. The lowest BCUT2D eigenvalue weighted by Gasteiger charge is -2.15. The van der Waals surface area contributed by atoms with Crippen LogP contribution in [-0.4, -0.2) is 39.3 Å². The summed E-state index contributed by atoms with van der Waals surface area (Å²) in [6.07, 6.45) is 0. The highest BCUT2D eigenvalue weighted by Gasteiger charge is 2.11. The Morgan fingerprint density at radius 1 is 1.39 bits per heavy atom. The second-order valence-electron chi connectivity index (χ2n) is 3.88. The van der Waals surface area contributed by atoms with E-state index in [1.165, 1.54) is 0 Å². The van der Waals surface area contributed by atoms with E-state index in [1.807, 2.05) is 31.2 Å². The Balaban J connectivity index is 2.47. The molecule has 18 heavy (non-hydrogen) atoms. The summed E-state index contributed by atoms with van der Waals surface area (Å²) < 4.78 is 9.99. The summed E-state index contributed by atoms with van der Waals surface area (Å²) in [4.78, 5) is 11.7. The molecule has 0 aliphatic carbocycles. The van der Waals surface area contributed by atoms with Gasteiger partial charge < -0.3 is 20.1 Å². The molecule has 0 heterocycles. The molecule has 0 fully saturated rings. The van der Waals surface area contributed by atoms with Gasteiger partial charge in [0.1, 0.15) is 11.8 Å². The third kappa shape index (κ3) is 4.63. The topological polar surface area (TPSA) is 59.6 Å². The van der Waals surface area contributed by atoms with Crippen LogP contribution in [0.3, 0.4) is 0 Å². The Hall–Kier alpha value is -1.75. The zero-order chi connectivity index (χ0) is 13.4. The van der Waals surface area contributed by atoms with Crippen LogP contribution in [0.1, 0.15) is 6.92 Å². The van der Waals surface area contributed by atoms with Crippen LogP contribution in [0.15, 0.2) is 24.3 Å². The smallest absolute Gasteiger partial charge is 0.242 e. The maximum Gasteiger partial charge on any atom is 0.242 e. The Bertz CT molecular complexity index is 382. The van der Waals surface area contributed by atoms with E-state index in [0.29, 0.717) is 13.2 Å². The summed E-state index contributed by atoms with van der Waals surface area (Å²) in [5.41, 5.74) is 0.851. The van der Waals surface area contributed by atoms with E-state index in [2.05, 4.69) is 10.6 Å². The molecule has 1 aromatic carbocycles. The molecular weight excluding hydrogens is 232 g/mol. The predicted molar refractivity (Wildman–Crippen MR) is 71.0 cm³/mol. The molecule has 0 aliphatic heterocycles. The van der Waals surface area contributed by atoms with E-state index < -0.39 is 0 Å². The zero-order valence-electron chi connectivity index (χ0n) is 11.0. The first kappa shape index (κ1) is 14.3. The Morgan fingerprint density at radius 2 is 2.17 bits per heavy atom. The number of rotatable bonds is 7. The monoisotopic (exact) mass is 252 g/mol. The van der Waals surface area contributed by atoms with Gasteiger partial charge in [0.2, 0.25) is 5.91 Å². The maximum absolute atomic E-state index is 11.7. The van der Waals surface area contributed by atoms with Gasteiger partial charge in [0.05, 0.1) is 13.7 Å². The second kappa shape index (κ2) is 7.55. The van der Waals surface area contributed by atoms with Gasteiger partial charge in [0, 0.05) is 25.4 Å². The third-order valence-corrected chi connectivity index (χ3v) is 2.45. The number of nitrogens with one attached hydrogen (secondary N) is 2. The fraction of sp³-hybridized carbons (Fsp3) is 0.462. The van der Waals surface area contributed by atoms with Crippen LogP contribution in [0, 0.1) is 0 Å². The molecule has 0 aromatic heterocycles. The first-order chi connectivity index (χ1) is 8.67. The van der Waals surface area contributed by atoms with Crippen LogP contribution in [0.4, 0.5) is 5.69 Å². The first-order valence-corrected chi connectivity index (χ1v) is 5.84. The van der Waals surface area contributed by atoms with Crippen molar-refractivity contribution in [3.8, 4) is 5.75 Å². The van der Waals surface area contributed by atoms with Gasteiger partial charge in [-0.3, -0.25) is 4.79 Å². The predicted octanol–water partition coefficient (Wildman–Crippen LogP) is 1.26. The van der Waals surface area contributed by atoms with Gasteiger partial charge in [-0.15, -0.1) is 0 Å². The molecule has 5 nitrogen and oxygen atoms in total. The molecule has 0 radical (unpaired) electrons. The molecule has 1 unspecified atom stereocenters. The van der Waals surface area contributed by atoms with E-state index in [1.54, 1.807) is 14.2 Å². The molecule has 1 amide bonds. The van der Waals surface area contributed by atoms with Crippen molar-refractivity contribution in [3.05, 3.63) is 24.3 Å². The highest BCUT2D eigenvalue weighted by Crippen LogP contribution is 2.17. The number of amides is 1. The van der Waals surface area contributed by atoms with E-state index in [9.17, 15) is 4.79 Å². The number of hydrogen-bond donors (Lipinski definition) is 2. The first-order valence-electron chi connectivity index (χ1n) is 5.84. The molecule has 0 spiro atoms. The van der Waals surface area contributed by atoms with E-state index in [4.69, 9.17) is 9.47 Å². The van der Waals surface area contributed by atoms with Gasteiger partial charge in [-0.05, 0) is 19.1 Å². The fourth-order valence-electron chi connectivity index (χ4n) is 1.46. The lowest BCUT2D eigenvalue weighted by molar-refractivity contribution is -0.121. The minimum Gasteiger partial charge on any atom is -0.497 e. The van der Waals surface area contributed by atoms with Crippen LogP contribution >= 0.6 is 0 Å². The normalized spacial score (nSPS) is 11.7. The van der Waals surface area contributed by atoms with Crippen LogP contribution < -0.4 is 15.4 Å². The lowest BCUT2D eigenvalue weighted by Crippen LogP contribution is -2.39. The van der Waals surface area contributed by atoms with Crippen molar-refractivity contribution in [1.29, 1.82) is 0 Å². The quantitative estimate of drug-likeness (QED) is 0.717. The van der Waals surface area contributed by atoms with Gasteiger partial charge in [-0.1, -0.05) is 6.07 Å². The van der Waals surface area contributed by atoms with E-state index >= 15 is 0 Å². The van der Waals surface area contributed by atoms with Crippen molar-refractivity contribution in [1.82, 2.24) is 5.32 Å². The van der Waals surface area contributed by atoms with Gasteiger partial charge in [-0.25, -0.2) is 0 Å². The molecule has 100 valence electrons. The lowest BCUT2D eigenvalue weighted by atomic mass is 10.2. The number of hydrogen-bond acceptors (Lipinski definition) is 4. The van der Waals surface area contributed by atoms with E-state index in [0.717, 1.165) is 11.4 Å². The molecule has 1 rings (SSSR count). The number of benzene rings is 1. The molecule has 0 bridgehead atoms. The molecule has 5 heteroatoms. The number of ether oxygens (including phenoxy) is 2. The minimum absolute atomic E-state index is 0.0603. The van der Waals surface area contributed by atoms with Crippen molar-refractivity contribution < 1.29 is 14.3 Å². The molecule has 2 N–H and O–H groups in total. The largest absolute Gasteiger partial charge is 0.497 e. The van der Waals surface area contributed by atoms with Crippen LogP contribution in [0.2, 0.25) is 0 Å². The van der Waals surface area contributed by atoms with Crippen molar-refractivity contribution in [2.75, 3.05) is 32.7 Å². The molecule has 1 aromatic rings. The van der Waals surface area contributed by atoms with Crippen molar-refractivity contribution in [2.45, 2.75) is 13.0 Å². The summed E-state index contributed by atoms with van der Waals surface area (Å²) in [7, 11) is 3.21. The summed E-state index contributed by atoms with van der Waals surface area (Å²) >= 11 is 0. The SMILES string of the molecule is COCCNC(=O)C(C)Nc1cccc(OC)c1. The average molecular weight is 252 g/mol. The van der Waals surface area contributed by atoms with Crippen molar-refractivity contribution >= 4 is 11.6 Å². The summed E-state index contributed by atoms with van der Waals surface area (Å²) in [6.45, 7) is 2.83. The zero-order valence-corrected chi connectivity index (χ0v) is 11.0. The number of carbonyl (C=O) groups is 1. The molecule has 0 saturated heterocycles. The number of methoxy groups -OCH3 is 2. The minimum atomic E-state index is -0.311. The van der Waals surface area contributed by atoms with Crippen molar-refractivity contribution in [3.63, 3.8) is 0 Å². The number of carbonyl (C=O) groups excluding carboxylic acids is 1. The van der Waals surface area contributed by atoms with Gasteiger partial charge in [0.25, 0.3) is 0 Å². The molecule has 0 aliphatic rings. The fourth-order valence-corrected chi connectivity index (χ4v) is 1.46. The van der Waals surface area contributed by atoms with E-state index in [-0.39, 0.29) is 11.9 Å². The van der Waals surface area contributed by atoms with Crippen LogP contribution in [0.25, 0.3) is 0 Å².